The Balaban J connectivity index is 1.94. The van der Waals surface area contributed by atoms with Gasteiger partial charge in [0.1, 0.15) is 5.01 Å². The van der Waals surface area contributed by atoms with Crippen LogP contribution >= 0.6 is 11.3 Å². The molecule has 0 spiro atoms. The standard InChI is InChI=1S/C15H24F3N5O2S2/c1-3-19-14(20-9-13-22-12(10-26-13)15(16,17)18)21-11-5-7-23(8-6-11)27(24,25)4-2/h10-11H,3-9H2,1-2H3,(H2,19,20,21). The zero-order valence-electron chi connectivity index (χ0n) is 15.2. The number of aliphatic imine (C=N–C) groups is 1. The van der Waals surface area contributed by atoms with E-state index >= 15 is 0 Å². The van der Waals surface area contributed by atoms with Crippen LogP contribution in [-0.4, -0.2) is 55.1 Å². The second-order valence-electron chi connectivity index (χ2n) is 6.04. The van der Waals surface area contributed by atoms with Crippen LogP contribution < -0.4 is 10.6 Å². The summed E-state index contributed by atoms with van der Waals surface area (Å²) in [5, 5.41) is 7.54. The molecule has 0 amide bonds. The monoisotopic (exact) mass is 427 g/mol. The predicted molar refractivity (Wildman–Crippen MR) is 99.1 cm³/mol. The third-order valence-electron chi connectivity index (χ3n) is 4.11. The lowest BCUT2D eigenvalue weighted by atomic mass is 10.1. The van der Waals surface area contributed by atoms with Gasteiger partial charge in [-0.2, -0.15) is 13.2 Å². The van der Waals surface area contributed by atoms with Gasteiger partial charge in [-0.25, -0.2) is 22.7 Å². The van der Waals surface area contributed by atoms with Crippen molar-refractivity contribution in [2.45, 2.75) is 45.5 Å². The maximum Gasteiger partial charge on any atom is 0.434 e. The van der Waals surface area contributed by atoms with Crippen molar-refractivity contribution in [2.75, 3.05) is 25.4 Å². The van der Waals surface area contributed by atoms with Gasteiger partial charge in [0.15, 0.2) is 11.7 Å². The summed E-state index contributed by atoms with van der Waals surface area (Å²) in [5.41, 5.74) is -0.903. The summed E-state index contributed by atoms with van der Waals surface area (Å²) in [7, 11) is -3.18. The number of nitrogens with one attached hydrogen (secondary N) is 2. The van der Waals surface area contributed by atoms with Crippen molar-refractivity contribution >= 4 is 27.3 Å². The highest BCUT2D eigenvalue weighted by Gasteiger charge is 2.33. The molecule has 2 rings (SSSR count). The van der Waals surface area contributed by atoms with E-state index in [4.69, 9.17) is 0 Å². The number of hydrogen-bond donors (Lipinski definition) is 2. The number of thiazole rings is 1. The molecule has 1 fully saturated rings. The normalized spacial score (nSPS) is 17.9. The molecule has 1 aliphatic rings. The van der Waals surface area contributed by atoms with E-state index < -0.39 is 21.9 Å². The van der Waals surface area contributed by atoms with Crippen LogP contribution in [0.2, 0.25) is 0 Å². The van der Waals surface area contributed by atoms with E-state index in [9.17, 15) is 21.6 Å². The van der Waals surface area contributed by atoms with Crippen LogP contribution in [0.15, 0.2) is 10.4 Å². The van der Waals surface area contributed by atoms with Gasteiger partial charge in [-0.3, -0.25) is 0 Å². The SMILES string of the molecule is CCNC(=NCc1nc(C(F)(F)F)cs1)NC1CCN(S(=O)(=O)CC)CC1. The predicted octanol–water partition coefficient (Wildman–Crippen LogP) is 2.03. The van der Waals surface area contributed by atoms with Gasteiger partial charge in [0.05, 0.1) is 12.3 Å². The average Bonchev–Trinajstić information content (AvgIpc) is 3.10. The molecular weight excluding hydrogens is 403 g/mol. The highest BCUT2D eigenvalue weighted by atomic mass is 32.2. The Bertz CT molecular complexity index is 741. The fraction of sp³-hybridized carbons (Fsp3) is 0.733. The van der Waals surface area contributed by atoms with E-state index in [-0.39, 0.29) is 23.3 Å². The Labute approximate surface area is 161 Å². The maximum absolute atomic E-state index is 12.6. The fourth-order valence-corrected chi connectivity index (χ4v) is 4.49. The van der Waals surface area contributed by atoms with Crippen LogP contribution in [0.5, 0.6) is 0 Å². The molecule has 0 aromatic carbocycles. The highest BCUT2D eigenvalue weighted by molar-refractivity contribution is 7.89. The first-order valence-corrected chi connectivity index (χ1v) is 11.2. The zero-order valence-corrected chi connectivity index (χ0v) is 16.8. The van der Waals surface area contributed by atoms with Crippen molar-refractivity contribution in [3.05, 3.63) is 16.1 Å². The fourth-order valence-electron chi connectivity index (χ4n) is 2.63. The molecule has 0 unspecified atom stereocenters. The summed E-state index contributed by atoms with van der Waals surface area (Å²) in [5.74, 6) is 0.571. The quantitative estimate of drug-likeness (QED) is 0.536. The van der Waals surface area contributed by atoms with E-state index in [1.54, 1.807) is 6.92 Å². The topological polar surface area (TPSA) is 86.7 Å². The molecule has 2 N–H and O–H groups in total. The summed E-state index contributed by atoms with van der Waals surface area (Å²) in [6.07, 6.45) is -3.17. The molecule has 0 aliphatic carbocycles. The molecule has 12 heteroatoms. The van der Waals surface area contributed by atoms with Gasteiger partial charge in [0.2, 0.25) is 10.0 Å². The molecule has 27 heavy (non-hydrogen) atoms. The first-order valence-electron chi connectivity index (χ1n) is 8.70. The molecule has 154 valence electrons. The van der Waals surface area contributed by atoms with Crippen LogP contribution in [0, 0.1) is 0 Å². The number of sulfonamides is 1. The molecular formula is C15H24F3N5O2S2. The zero-order chi connectivity index (χ0) is 20.1. The molecule has 0 atom stereocenters. The van der Waals surface area contributed by atoms with E-state index in [0.717, 1.165) is 16.7 Å². The lowest BCUT2D eigenvalue weighted by molar-refractivity contribution is -0.140. The van der Waals surface area contributed by atoms with Crippen molar-refractivity contribution < 1.29 is 21.6 Å². The van der Waals surface area contributed by atoms with Gasteiger partial charge >= 0.3 is 6.18 Å². The van der Waals surface area contributed by atoms with Crippen molar-refractivity contribution in [3.8, 4) is 0 Å². The largest absolute Gasteiger partial charge is 0.434 e. The lowest BCUT2D eigenvalue weighted by Crippen LogP contribution is -2.50. The van der Waals surface area contributed by atoms with Gasteiger partial charge < -0.3 is 10.6 Å². The van der Waals surface area contributed by atoms with E-state index in [1.807, 2.05) is 6.92 Å². The van der Waals surface area contributed by atoms with Crippen LogP contribution in [0.4, 0.5) is 13.2 Å². The number of aromatic nitrogens is 1. The number of guanidine groups is 1. The van der Waals surface area contributed by atoms with Gasteiger partial charge in [-0.1, -0.05) is 0 Å². The number of nitrogens with zero attached hydrogens (tertiary/aromatic N) is 3. The van der Waals surface area contributed by atoms with E-state index in [2.05, 4.69) is 20.6 Å². The van der Waals surface area contributed by atoms with Crippen LogP contribution in [0.25, 0.3) is 0 Å². The van der Waals surface area contributed by atoms with Gasteiger partial charge in [0.25, 0.3) is 0 Å². The van der Waals surface area contributed by atoms with E-state index in [0.29, 0.717) is 38.4 Å². The number of alkyl halides is 3. The third-order valence-corrected chi connectivity index (χ3v) is 6.83. The van der Waals surface area contributed by atoms with Crippen molar-refractivity contribution in [1.82, 2.24) is 19.9 Å². The van der Waals surface area contributed by atoms with Crippen molar-refractivity contribution in [1.29, 1.82) is 0 Å². The molecule has 2 heterocycles. The first-order chi connectivity index (χ1) is 12.7. The first kappa shape index (κ1) is 21.9. The number of hydrogen-bond acceptors (Lipinski definition) is 5. The minimum atomic E-state index is -4.45. The minimum absolute atomic E-state index is 0.0408. The minimum Gasteiger partial charge on any atom is -0.357 e. The second-order valence-corrected chi connectivity index (χ2v) is 9.24. The Morgan fingerprint density at radius 2 is 2.04 bits per heavy atom. The van der Waals surface area contributed by atoms with Gasteiger partial charge in [-0.15, -0.1) is 11.3 Å². The summed E-state index contributed by atoms with van der Waals surface area (Å²) >= 11 is 0.921. The average molecular weight is 428 g/mol. The van der Waals surface area contributed by atoms with Gasteiger partial charge in [-0.05, 0) is 26.7 Å². The summed E-state index contributed by atoms with van der Waals surface area (Å²) < 4.78 is 63.1. The molecule has 1 saturated heterocycles. The molecule has 0 radical (unpaired) electrons. The summed E-state index contributed by atoms with van der Waals surface area (Å²) in [6.45, 7) is 5.03. The number of piperidine rings is 1. The number of rotatable bonds is 6. The van der Waals surface area contributed by atoms with Crippen LogP contribution in [-0.2, 0) is 22.7 Å². The maximum atomic E-state index is 12.6. The Morgan fingerprint density at radius 1 is 1.37 bits per heavy atom. The Morgan fingerprint density at radius 3 is 2.56 bits per heavy atom. The molecule has 1 aromatic heterocycles. The van der Waals surface area contributed by atoms with Crippen molar-refractivity contribution in [3.63, 3.8) is 0 Å². The highest BCUT2D eigenvalue weighted by Crippen LogP contribution is 2.30. The van der Waals surface area contributed by atoms with Crippen molar-refractivity contribution in [2.24, 2.45) is 4.99 Å². The molecule has 0 bridgehead atoms. The third kappa shape index (κ3) is 6.32. The Hall–Kier alpha value is -1.40. The summed E-state index contributed by atoms with van der Waals surface area (Å²) in [4.78, 5) is 7.86. The molecule has 1 aromatic rings. The number of halogens is 3. The Kier molecular flexibility index (Phi) is 7.46. The lowest BCUT2D eigenvalue weighted by Gasteiger charge is -2.32. The summed E-state index contributed by atoms with van der Waals surface area (Å²) in [6, 6.07) is 0.0492. The van der Waals surface area contributed by atoms with E-state index in [1.165, 1.54) is 4.31 Å². The van der Waals surface area contributed by atoms with Gasteiger partial charge in [0, 0.05) is 31.1 Å². The van der Waals surface area contributed by atoms with Crippen LogP contribution in [0.3, 0.4) is 0 Å². The smallest absolute Gasteiger partial charge is 0.357 e. The molecule has 0 saturated carbocycles. The van der Waals surface area contributed by atoms with Crippen LogP contribution in [0.1, 0.15) is 37.4 Å². The molecule has 1 aliphatic heterocycles. The molecule has 7 nitrogen and oxygen atoms in total. The second kappa shape index (κ2) is 9.20.